The Bertz CT molecular complexity index is 770. The topological polar surface area (TPSA) is 74.8 Å². The molecule has 0 aliphatic rings. The second-order valence-corrected chi connectivity index (χ2v) is 8.61. The number of rotatable bonds is 3. The van der Waals surface area contributed by atoms with Crippen molar-refractivity contribution >= 4 is 27.3 Å². The van der Waals surface area contributed by atoms with Crippen LogP contribution in [0.2, 0.25) is 0 Å². The van der Waals surface area contributed by atoms with Gasteiger partial charge in [-0.3, -0.25) is 0 Å². The standard InChI is InChI=1S/C12H14F3N3O2S2/c1-11(2,3)8-4-5-9(21-8)22(19,20)18-10-16-6-7(17-10)12(13,14)15/h4-6H,1-3H3,(H2,16,17,18). The normalized spacial score (nSPS) is 13.4. The molecule has 5 nitrogen and oxygen atoms in total. The van der Waals surface area contributed by atoms with E-state index in [9.17, 15) is 21.6 Å². The number of aromatic nitrogens is 2. The van der Waals surface area contributed by atoms with Crippen molar-refractivity contribution in [1.82, 2.24) is 9.97 Å². The Kier molecular flexibility index (Phi) is 4.03. The van der Waals surface area contributed by atoms with Gasteiger partial charge in [0.15, 0.2) is 0 Å². The summed E-state index contributed by atoms with van der Waals surface area (Å²) in [6.45, 7) is 5.81. The maximum absolute atomic E-state index is 12.4. The van der Waals surface area contributed by atoms with Gasteiger partial charge in [0.1, 0.15) is 9.90 Å². The number of nitrogens with zero attached hydrogens (tertiary/aromatic N) is 1. The average Bonchev–Trinajstić information content (AvgIpc) is 2.93. The second-order valence-electron chi connectivity index (χ2n) is 5.62. The summed E-state index contributed by atoms with van der Waals surface area (Å²) in [7, 11) is -3.98. The van der Waals surface area contributed by atoms with Gasteiger partial charge < -0.3 is 4.98 Å². The van der Waals surface area contributed by atoms with E-state index in [1.807, 2.05) is 30.5 Å². The van der Waals surface area contributed by atoms with Gasteiger partial charge in [0.2, 0.25) is 5.95 Å². The molecule has 2 rings (SSSR count). The van der Waals surface area contributed by atoms with Gasteiger partial charge >= 0.3 is 6.18 Å². The Morgan fingerprint density at radius 1 is 1.23 bits per heavy atom. The molecule has 0 aliphatic carbocycles. The van der Waals surface area contributed by atoms with Crippen molar-refractivity contribution in [2.24, 2.45) is 0 Å². The van der Waals surface area contributed by atoms with Gasteiger partial charge in [-0.1, -0.05) is 20.8 Å². The molecule has 0 radical (unpaired) electrons. The number of nitrogens with one attached hydrogen (secondary N) is 2. The van der Waals surface area contributed by atoms with Gasteiger partial charge in [-0.25, -0.2) is 18.1 Å². The van der Waals surface area contributed by atoms with E-state index in [1.54, 1.807) is 6.07 Å². The Hall–Kier alpha value is -1.55. The molecule has 0 saturated carbocycles. The number of aromatic amines is 1. The number of alkyl halides is 3. The summed E-state index contributed by atoms with van der Waals surface area (Å²) in [4.78, 5) is 6.13. The predicted molar refractivity (Wildman–Crippen MR) is 77.4 cm³/mol. The number of H-pyrrole nitrogens is 1. The number of hydrogen-bond donors (Lipinski definition) is 2. The smallest absolute Gasteiger partial charge is 0.320 e. The fourth-order valence-electron chi connectivity index (χ4n) is 1.56. The molecule has 0 spiro atoms. The molecule has 0 fully saturated rings. The van der Waals surface area contributed by atoms with Gasteiger partial charge in [0, 0.05) is 4.88 Å². The van der Waals surface area contributed by atoms with E-state index in [2.05, 4.69) is 4.98 Å². The third-order valence-electron chi connectivity index (χ3n) is 2.70. The molecule has 0 unspecified atom stereocenters. The van der Waals surface area contributed by atoms with Crippen LogP contribution in [0.15, 0.2) is 22.5 Å². The minimum absolute atomic E-state index is 0.0161. The molecule has 2 N–H and O–H groups in total. The third kappa shape index (κ3) is 3.61. The molecule has 2 aromatic heterocycles. The third-order valence-corrected chi connectivity index (χ3v) is 6.04. The lowest BCUT2D eigenvalue weighted by Gasteiger charge is -2.15. The summed E-state index contributed by atoms with van der Waals surface area (Å²) < 4.78 is 63.7. The second kappa shape index (κ2) is 5.27. The highest BCUT2D eigenvalue weighted by atomic mass is 32.2. The first-order chi connectivity index (χ1) is 9.89. The number of anilines is 1. The minimum atomic E-state index is -4.61. The van der Waals surface area contributed by atoms with Crippen molar-refractivity contribution in [2.75, 3.05) is 4.72 Å². The molecular weight excluding hydrogens is 339 g/mol. The molecule has 0 saturated heterocycles. The zero-order valence-electron chi connectivity index (χ0n) is 11.9. The largest absolute Gasteiger partial charge is 0.432 e. The van der Waals surface area contributed by atoms with E-state index in [1.165, 1.54) is 6.07 Å². The summed E-state index contributed by atoms with van der Waals surface area (Å²) in [6.07, 6.45) is -4.08. The Labute approximate surface area is 129 Å². The number of imidazole rings is 1. The SMILES string of the molecule is CC(C)(C)c1ccc(S(=O)(=O)Nc2ncc(C(F)(F)F)[nH]2)s1. The van der Waals surface area contributed by atoms with Crippen molar-refractivity contribution in [3.63, 3.8) is 0 Å². The van der Waals surface area contributed by atoms with Crippen molar-refractivity contribution in [1.29, 1.82) is 0 Å². The monoisotopic (exact) mass is 353 g/mol. The number of halogens is 3. The number of sulfonamides is 1. The van der Waals surface area contributed by atoms with E-state index in [0.29, 0.717) is 6.20 Å². The summed E-state index contributed by atoms with van der Waals surface area (Å²) in [5, 5.41) is 0. The van der Waals surface area contributed by atoms with E-state index < -0.39 is 27.8 Å². The molecule has 2 aromatic rings. The van der Waals surface area contributed by atoms with Crippen LogP contribution < -0.4 is 4.72 Å². The predicted octanol–water partition coefficient (Wildman–Crippen LogP) is 3.59. The van der Waals surface area contributed by atoms with Crippen molar-refractivity contribution in [3.05, 3.63) is 28.9 Å². The molecule has 0 atom stereocenters. The fraction of sp³-hybridized carbons (Fsp3) is 0.417. The quantitative estimate of drug-likeness (QED) is 0.885. The first-order valence-electron chi connectivity index (χ1n) is 6.15. The van der Waals surface area contributed by atoms with Crippen LogP contribution >= 0.6 is 11.3 Å². The molecule has 0 amide bonds. The molecule has 2 heterocycles. The summed E-state index contributed by atoms with van der Waals surface area (Å²) in [5.41, 5.74) is -1.33. The fourth-order valence-corrected chi connectivity index (χ4v) is 3.90. The maximum atomic E-state index is 12.4. The van der Waals surface area contributed by atoms with Crippen LogP contribution in [0.3, 0.4) is 0 Å². The summed E-state index contributed by atoms with van der Waals surface area (Å²) in [5.74, 6) is -0.474. The van der Waals surface area contributed by atoms with Gasteiger partial charge in [-0.05, 0) is 17.5 Å². The first-order valence-corrected chi connectivity index (χ1v) is 8.45. The van der Waals surface area contributed by atoms with Gasteiger partial charge in [0.05, 0.1) is 6.20 Å². The highest BCUT2D eigenvalue weighted by Gasteiger charge is 2.33. The van der Waals surface area contributed by atoms with E-state index >= 15 is 0 Å². The lowest BCUT2D eigenvalue weighted by Crippen LogP contribution is -2.13. The van der Waals surface area contributed by atoms with Crippen LogP contribution in [-0.2, 0) is 21.6 Å². The van der Waals surface area contributed by atoms with Crippen molar-refractivity contribution < 1.29 is 21.6 Å². The van der Waals surface area contributed by atoms with Crippen LogP contribution in [0.1, 0.15) is 31.3 Å². The lowest BCUT2D eigenvalue weighted by molar-refractivity contribution is -0.140. The molecule has 0 bridgehead atoms. The molecular formula is C12H14F3N3O2S2. The zero-order chi connectivity index (χ0) is 16.8. The van der Waals surface area contributed by atoms with E-state index in [4.69, 9.17) is 0 Å². The lowest BCUT2D eigenvalue weighted by atomic mass is 9.95. The van der Waals surface area contributed by atoms with Crippen LogP contribution in [0.25, 0.3) is 0 Å². The van der Waals surface area contributed by atoms with Crippen molar-refractivity contribution in [2.45, 2.75) is 36.6 Å². The Balaban J connectivity index is 2.25. The first kappa shape index (κ1) is 16.8. The molecule has 0 aliphatic heterocycles. The maximum Gasteiger partial charge on any atom is 0.432 e. The summed E-state index contributed by atoms with van der Waals surface area (Å²) in [6, 6.07) is 3.10. The molecule has 0 aromatic carbocycles. The number of hydrogen-bond acceptors (Lipinski definition) is 4. The Morgan fingerprint density at radius 3 is 2.32 bits per heavy atom. The molecule has 22 heavy (non-hydrogen) atoms. The van der Waals surface area contributed by atoms with Crippen LogP contribution in [-0.4, -0.2) is 18.4 Å². The highest BCUT2D eigenvalue weighted by molar-refractivity contribution is 7.94. The molecule has 10 heteroatoms. The van der Waals surface area contributed by atoms with Gasteiger partial charge in [-0.15, -0.1) is 11.3 Å². The minimum Gasteiger partial charge on any atom is -0.320 e. The van der Waals surface area contributed by atoms with Gasteiger partial charge in [-0.2, -0.15) is 13.2 Å². The van der Waals surface area contributed by atoms with Gasteiger partial charge in [0.25, 0.3) is 10.0 Å². The average molecular weight is 353 g/mol. The summed E-state index contributed by atoms with van der Waals surface area (Å²) >= 11 is 1.06. The van der Waals surface area contributed by atoms with E-state index in [-0.39, 0.29) is 9.62 Å². The van der Waals surface area contributed by atoms with Crippen LogP contribution in [0, 0.1) is 0 Å². The van der Waals surface area contributed by atoms with Crippen molar-refractivity contribution in [3.8, 4) is 0 Å². The van der Waals surface area contributed by atoms with Crippen LogP contribution in [0.5, 0.6) is 0 Å². The van der Waals surface area contributed by atoms with E-state index in [0.717, 1.165) is 16.2 Å². The van der Waals surface area contributed by atoms with Crippen LogP contribution in [0.4, 0.5) is 19.1 Å². The number of thiophene rings is 1. The molecule has 122 valence electrons. The zero-order valence-corrected chi connectivity index (χ0v) is 13.6. The highest BCUT2D eigenvalue weighted by Crippen LogP contribution is 2.33. The Morgan fingerprint density at radius 2 is 1.86 bits per heavy atom.